The molecule has 1 aliphatic rings. The molecule has 2 heterocycles. The average Bonchev–Trinajstić information content (AvgIpc) is 2.86. The third-order valence-electron chi connectivity index (χ3n) is 5.65. The van der Waals surface area contributed by atoms with Crippen molar-refractivity contribution in [3.05, 3.63) is 76.2 Å². The van der Waals surface area contributed by atoms with Crippen LogP contribution in [0, 0.1) is 0 Å². The molecule has 1 aliphatic heterocycles. The van der Waals surface area contributed by atoms with E-state index in [2.05, 4.69) is 20.2 Å². The minimum absolute atomic E-state index is 0.0568. The number of anilines is 2. The standard InChI is InChI=1S/C24H26ClN5O3/c1-33-21-10-6-5-9-19(21)27-22(31)11-12-28-13-15-29(16-14-28)20-17-26-30(24(32)23(20)25)18-7-3-2-4-8-18/h2-10,17H,11-16H2,1H3,(H,27,31). The zero-order chi connectivity index (χ0) is 23.2. The smallest absolute Gasteiger partial charge is 0.292 e. The topological polar surface area (TPSA) is 79.7 Å². The first-order chi connectivity index (χ1) is 16.1. The molecule has 4 rings (SSSR count). The number of ether oxygens (including phenoxy) is 1. The third kappa shape index (κ3) is 5.35. The molecule has 1 N–H and O–H groups in total. The number of piperazine rings is 1. The number of methoxy groups -OCH3 is 1. The van der Waals surface area contributed by atoms with Gasteiger partial charge < -0.3 is 15.0 Å². The maximum atomic E-state index is 12.7. The highest BCUT2D eigenvalue weighted by Crippen LogP contribution is 2.24. The van der Waals surface area contributed by atoms with Crippen molar-refractivity contribution < 1.29 is 9.53 Å². The molecule has 1 saturated heterocycles. The van der Waals surface area contributed by atoms with E-state index in [0.717, 1.165) is 13.1 Å². The number of carbonyl (C=O) groups is 1. The van der Waals surface area contributed by atoms with E-state index >= 15 is 0 Å². The van der Waals surface area contributed by atoms with E-state index < -0.39 is 0 Å². The van der Waals surface area contributed by atoms with Gasteiger partial charge in [-0.1, -0.05) is 41.9 Å². The molecule has 2 aromatic carbocycles. The van der Waals surface area contributed by atoms with Crippen molar-refractivity contribution in [3.63, 3.8) is 0 Å². The molecule has 3 aromatic rings. The second-order valence-corrected chi connectivity index (χ2v) is 8.10. The van der Waals surface area contributed by atoms with Gasteiger partial charge in [0, 0.05) is 39.1 Å². The molecule has 1 amide bonds. The number of carbonyl (C=O) groups excluding carboxylic acids is 1. The number of hydrogen-bond donors (Lipinski definition) is 1. The number of benzene rings is 2. The molecule has 172 valence electrons. The van der Waals surface area contributed by atoms with Gasteiger partial charge in [0.15, 0.2) is 0 Å². The third-order valence-corrected chi connectivity index (χ3v) is 6.01. The molecule has 0 radical (unpaired) electrons. The van der Waals surface area contributed by atoms with Gasteiger partial charge in [-0.15, -0.1) is 0 Å². The predicted octanol–water partition coefficient (Wildman–Crippen LogP) is 3.05. The molecule has 0 saturated carbocycles. The van der Waals surface area contributed by atoms with Gasteiger partial charge in [-0.2, -0.15) is 9.78 Å². The summed E-state index contributed by atoms with van der Waals surface area (Å²) >= 11 is 6.43. The number of rotatable bonds is 7. The SMILES string of the molecule is COc1ccccc1NC(=O)CCN1CCN(c2cnn(-c3ccccc3)c(=O)c2Cl)CC1. The van der Waals surface area contributed by atoms with Gasteiger partial charge in [0.25, 0.3) is 5.56 Å². The zero-order valence-corrected chi connectivity index (χ0v) is 19.2. The van der Waals surface area contributed by atoms with Crippen molar-refractivity contribution in [3.8, 4) is 11.4 Å². The van der Waals surface area contributed by atoms with Crippen molar-refractivity contribution in [2.24, 2.45) is 0 Å². The first-order valence-corrected chi connectivity index (χ1v) is 11.2. The second-order valence-electron chi connectivity index (χ2n) is 7.72. The van der Waals surface area contributed by atoms with E-state index in [1.165, 1.54) is 4.68 Å². The van der Waals surface area contributed by atoms with Crippen LogP contribution in [0.1, 0.15) is 6.42 Å². The van der Waals surface area contributed by atoms with E-state index in [4.69, 9.17) is 16.3 Å². The van der Waals surface area contributed by atoms with E-state index in [0.29, 0.717) is 48.9 Å². The lowest BCUT2D eigenvalue weighted by Crippen LogP contribution is -2.47. The number of aromatic nitrogens is 2. The summed E-state index contributed by atoms with van der Waals surface area (Å²) in [5.41, 5.74) is 1.65. The van der Waals surface area contributed by atoms with Gasteiger partial charge in [0.05, 0.1) is 30.4 Å². The summed E-state index contributed by atoms with van der Waals surface area (Å²) in [5, 5.41) is 7.39. The van der Waals surface area contributed by atoms with Crippen LogP contribution in [0.2, 0.25) is 5.02 Å². The highest BCUT2D eigenvalue weighted by molar-refractivity contribution is 6.33. The van der Waals surface area contributed by atoms with Gasteiger partial charge in [-0.05, 0) is 24.3 Å². The highest BCUT2D eigenvalue weighted by atomic mass is 35.5. The second kappa shape index (κ2) is 10.5. The summed E-state index contributed by atoms with van der Waals surface area (Å²) < 4.78 is 6.58. The normalized spacial score (nSPS) is 14.2. The molecule has 0 spiro atoms. The summed E-state index contributed by atoms with van der Waals surface area (Å²) in [6.07, 6.45) is 2.03. The van der Waals surface area contributed by atoms with Crippen LogP contribution in [0.5, 0.6) is 5.75 Å². The van der Waals surface area contributed by atoms with E-state index in [1.54, 1.807) is 13.3 Å². The summed E-state index contributed by atoms with van der Waals surface area (Å²) in [5.74, 6) is 0.581. The molecule has 8 nitrogen and oxygen atoms in total. The van der Waals surface area contributed by atoms with Crippen LogP contribution in [-0.4, -0.2) is 60.4 Å². The van der Waals surface area contributed by atoms with Crippen molar-refractivity contribution in [2.45, 2.75) is 6.42 Å². The summed E-state index contributed by atoms with van der Waals surface area (Å²) in [6.45, 7) is 3.57. The summed E-state index contributed by atoms with van der Waals surface area (Å²) in [7, 11) is 1.58. The quantitative estimate of drug-likeness (QED) is 0.575. The number of para-hydroxylation sites is 3. The number of hydrogen-bond acceptors (Lipinski definition) is 6. The number of halogens is 1. The van der Waals surface area contributed by atoms with E-state index in [-0.39, 0.29) is 16.5 Å². The Morgan fingerprint density at radius 1 is 1.06 bits per heavy atom. The molecule has 0 bridgehead atoms. The van der Waals surface area contributed by atoms with Crippen LogP contribution in [0.15, 0.2) is 65.6 Å². The molecule has 33 heavy (non-hydrogen) atoms. The van der Waals surface area contributed by atoms with Gasteiger partial charge in [0.2, 0.25) is 5.91 Å². The molecule has 1 fully saturated rings. The minimum atomic E-state index is -0.337. The minimum Gasteiger partial charge on any atom is -0.495 e. The average molecular weight is 468 g/mol. The predicted molar refractivity (Wildman–Crippen MR) is 130 cm³/mol. The molecule has 1 aromatic heterocycles. The Hall–Kier alpha value is -3.36. The molecule has 0 aliphatic carbocycles. The fourth-order valence-electron chi connectivity index (χ4n) is 3.83. The van der Waals surface area contributed by atoms with Crippen molar-refractivity contribution in [1.29, 1.82) is 0 Å². The number of nitrogens with zero attached hydrogens (tertiary/aromatic N) is 4. The molecule has 0 unspecified atom stereocenters. The van der Waals surface area contributed by atoms with Crippen LogP contribution < -0.4 is 20.5 Å². The molecule has 0 atom stereocenters. The first-order valence-electron chi connectivity index (χ1n) is 10.8. The fourth-order valence-corrected chi connectivity index (χ4v) is 4.08. The number of nitrogens with one attached hydrogen (secondary N) is 1. The van der Waals surface area contributed by atoms with Crippen LogP contribution in [0.3, 0.4) is 0 Å². The van der Waals surface area contributed by atoms with Gasteiger partial charge >= 0.3 is 0 Å². The molecule has 9 heteroatoms. The Bertz CT molecular complexity index is 1160. The van der Waals surface area contributed by atoms with E-state index in [1.807, 2.05) is 54.6 Å². The highest BCUT2D eigenvalue weighted by Gasteiger charge is 2.22. The Labute approximate surface area is 197 Å². The van der Waals surface area contributed by atoms with Crippen molar-refractivity contribution >= 4 is 28.9 Å². The van der Waals surface area contributed by atoms with Crippen molar-refractivity contribution in [1.82, 2.24) is 14.7 Å². The Morgan fingerprint density at radius 2 is 1.76 bits per heavy atom. The lowest BCUT2D eigenvalue weighted by molar-refractivity contribution is -0.116. The maximum Gasteiger partial charge on any atom is 0.292 e. The Morgan fingerprint density at radius 3 is 2.48 bits per heavy atom. The van der Waals surface area contributed by atoms with Crippen LogP contribution >= 0.6 is 11.6 Å². The van der Waals surface area contributed by atoms with Gasteiger partial charge in [-0.25, -0.2) is 0 Å². The van der Waals surface area contributed by atoms with E-state index in [9.17, 15) is 9.59 Å². The Balaban J connectivity index is 1.31. The zero-order valence-electron chi connectivity index (χ0n) is 18.4. The monoisotopic (exact) mass is 467 g/mol. The largest absolute Gasteiger partial charge is 0.495 e. The number of amides is 1. The van der Waals surface area contributed by atoms with Gasteiger partial charge in [-0.3, -0.25) is 14.5 Å². The molecular weight excluding hydrogens is 442 g/mol. The fraction of sp³-hybridized carbons (Fsp3) is 0.292. The summed E-state index contributed by atoms with van der Waals surface area (Å²) in [6, 6.07) is 16.6. The molecular formula is C24H26ClN5O3. The Kier molecular flexibility index (Phi) is 7.26. The maximum absolute atomic E-state index is 12.7. The van der Waals surface area contributed by atoms with Crippen molar-refractivity contribution in [2.75, 3.05) is 50.1 Å². The lowest BCUT2D eigenvalue weighted by atomic mass is 10.2. The van der Waals surface area contributed by atoms with Crippen LogP contribution in [0.25, 0.3) is 5.69 Å². The first kappa shape index (κ1) is 22.8. The van der Waals surface area contributed by atoms with Crippen LogP contribution in [-0.2, 0) is 4.79 Å². The lowest BCUT2D eigenvalue weighted by Gasteiger charge is -2.36. The van der Waals surface area contributed by atoms with Gasteiger partial charge in [0.1, 0.15) is 10.8 Å². The summed E-state index contributed by atoms with van der Waals surface area (Å²) in [4.78, 5) is 29.4. The van der Waals surface area contributed by atoms with Crippen LogP contribution in [0.4, 0.5) is 11.4 Å².